The van der Waals surface area contributed by atoms with E-state index in [-0.39, 0.29) is 37.1 Å². The van der Waals surface area contributed by atoms with E-state index in [0.717, 1.165) is 11.9 Å². The Morgan fingerprint density at radius 1 is 1.09 bits per heavy atom. The third-order valence-electron chi connectivity index (χ3n) is 11.4. The number of imidazole rings is 1. The minimum Gasteiger partial charge on any atom is -0.472 e. The second kappa shape index (κ2) is 14.1. The van der Waals surface area contributed by atoms with Crippen LogP contribution in [0.25, 0.3) is 16.7 Å². The molecule has 0 bridgehead atoms. The number of rotatable bonds is 6. The van der Waals surface area contributed by atoms with Crippen LogP contribution in [0.15, 0.2) is 48.8 Å². The Morgan fingerprint density at radius 2 is 1.84 bits per heavy atom. The van der Waals surface area contributed by atoms with Gasteiger partial charge in [-0.3, -0.25) is 23.5 Å². The predicted molar refractivity (Wildman–Crippen MR) is 203 cm³/mol. The normalized spacial score (nSPS) is 30.3. The number of carbonyl (C=O) groups excluding carboxylic acids is 4. The second-order valence-electron chi connectivity index (χ2n) is 17.1. The van der Waals surface area contributed by atoms with Gasteiger partial charge in [0.1, 0.15) is 29.3 Å². The molecule has 2 saturated carbocycles. The number of nitrogens with one attached hydrogen (secondary N) is 3. The molecule has 3 N–H and O–H groups in total. The standard InChI is InChI=1S/C39H51N7O8S/c1-23-11-7-8-12-25-21-39(25,34(49)44-55(51,52)38(6)15-16-38)43-31(47)29-20-26(53-32-27-13-9-10-14-28(27)45-18-17-40-35(45)42-32)22-46(29)33(48)30(24(2)19-23)41-36(50)54-37(3,4)5/h8-10,12-14,17-18,23-26,29-30H,7,11,15-16,19-22H2,1-6H3,(H,41,50)(H,43,47)(H,44,49)/b12-8-/t23?,24-,25-,26-,29+,30+,39-/m1/s1. The predicted octanol–water partition coefficient (Wildman–Crippen LogP) is 4.01. The molecule has 1 aromatic carbocycles. The zero-order valence-corrected chi connectivity index (χ0v) is 33.0. The highest BCUT2D eigenvalue weighted by Gasteiger charge is 2.63. The first-order chi connectivity index (χ1) is 25.9. The van der Waals surface area contributed by atoms with E-state index in [4.69, 9.17) is 9.47 Å². The highest BCUT2D eigenvalue weighted by molar-refractivity contribution is 7.91. The van der Waals surface area contributed by atoms with Crippen LogP contribution in [0, 0.1) is 17.8 Å². The van der Waals surface area contributed by atoms with Crippen molar-refractivity contribution in [2.24, 2.45) is 17.8 Å². The number of amides is 4. The van der Waals surface area contributed by atoms with Crippen molar-refractivity contribution in [2.75, 3.05) is 6.54 Å². The molecule has 7 rings (SSSR count). The number of fused-ring (bicyclic) bond motifs is 5. The third kappa shape index (κ3) is 7.74. The molecule has 2 aromatic heterocycles. The van der Waals surface area contributed by atoms with Gasteiger partial charge >= 0.3 is 6.09 Å². The van der Waals surface area contributed by atoms with E-state index in [1.54, 1.807) is 40.1 Å². The Kier molecular flexibility index (Phi) is 9.87. The molecule has 0 spiro atoms. The zero-order chi connectivity index (χ0) is 39.5. The summed E-state index contributed by atoms with van der Waals surface area (Å²) in [5, 5.41) is 6.43. The molecular formula is C39H51N7O8S. The largest absolute Gasteiger partial charge is 0.472 e. The summed E-state index contributed by atoms with van der Waals surface area (Å²) in [5.41, 5.74) is -1.55. The number of aromatic nitrogens is 3. The van der Waals surface area contributed by atoms with Gasteiger partial charge in [0.25, 0.3) is 5.91 Å². The molecule has 1 unspecified atom stereocenters. The molecule has 16 heteroatoms. The van der Waals surface area contributed by atoms with Crippen LogP contribution in [-0.4, -0.2) is 92.1 Å². The van der Waals surface area contributed by atoms with Gasteiger partial charge < -0.3 is 25.0 Å². The maximum Gasteiger partial charge on any atom is 0.408 e. The molecule has 296 valence electrons. The number of hydrogen-bond acceptors (Lipinski definition) is 10. The number of alkyl carbamates (subject to hydrolysis) is 1. The summed E-state index contributed by atoms with van der Waals surface area (Å²) in [6, 6.07) is 5.35. The SMILES string of the molecule is CC1CC/C=C\[C@@H]2C[C@@]2(C(=O)NS(=O)(=O)C2(C)CC2)NC(=O)[C@@H]2C[C@@H](Oc3nc4nccn4c4ccccc34)CN2C(=O)[C@@H](NC(=O)OC(C)(C)C)[C@H](C)C1. The molecule has 3 fully saturated rings. The summed E-state index contributed by atoms with van der Waals surface area (Å²) < 4.78 is 41.6. The van der Waals surface area contributed by atoms with Crippen molar-refractivity contribution in [1.29, 1.82) is 0 Å². The van der Waals surface area contributed by atoms with Gasteiger partial charge in [-0.15, -0.1) is 0 Å². The van der Waals surface area contributed by atoms with E-state index >= 15 is 0 Å². The average molecular weight is 778 g/mol. The van der Waals surface area contributed by atoms with Crippen LogP contribution < -0.4 is 20.1 Å². The van der Waals surface area contributed by atoms with Gasteiger partial charge in [-0.2, -0.15) is 4.98 Å². The molecule has 1 saturated heterocycles. The Labute approximate surface area is 321 Å². The van der Waals surface area contributed by atoms with E-state index in [1.807, 2.05) is 47.7 Å². The number of ether oxygens (including phenoxy) is 2. The fourth-order valence-corrected chi connectivity index (χ4v) is 9.17. The molecule has 7 atom stereocenters. The second-order valence-corrected chi connectivity index (χ2v) is 19.3. The third-order valence-corrected chi connectivity index (χ3v) is 13.6. The Balaban J connectivity index is 1.24. The highest BCUT2D eigenvalue weighted by atomic mass is 32.2. The summed E-state index contributed by atoms with van der Waals surface area (Å²) in [5.74, 6) is -1.88. The molecule has 4 aliphatic rings. The van der Waals surface area contributed by atoms with Crippen LogP contribution in [0.4, 0.5) is 4.79 Å². The van der Waals surface area contributed by atoms with Gasteiger partial charge in [0.05, 0.1) is 22.2 Å². The van der Waals surface area contributed by atoms with Crippen molar-refractivity contribution in [3.05, 3.63) is 48.8 Å². The number of allylic oxidation sites excluding steroid dienone is 1. The van der Waals surface area contributed by atoms with Crippen LogP contribution in [0.3, 0.4) is 0 Å². The minimum absolute atomic E-state index is 0.0312. The number of carbonyl (C=O) groups is 4. The molecule has 3 aromatic rings. The Morgan fingerprint density at radius 3 is 2.56 bits per heavy atom. The lowest BCUT2D eigenvalue weighted by molar-refractivity contribution is -0.142. The lowest BCUT2D eigenvalue weighted by Gasteiger charge is -2.33. The number of nitrogens with zero attached hydrogens (tertiary/aromatic N) is 4. The molecule has 0 radical (unpaired) electrons. The van der Waals surface area contributed by atoms with Crippen LogP contribution in [0.1, 0.15) is 86.5 Å². The average Bonchev–Trinajstić information content (AvgIpc) is 3.89. The molecule has 2 aliphatic carbocycles. The van der Waals surface area contributed by atoms with Gasteiger partial charge in [0.2, 0.25) is 33.5 Å². The fourth-order valence-electron chi connectivity index (χ4n) is 7.86. The van der Waals surface area contributed by atoms with Gasteiger partial charge in [-0.25, -0.2) is 18.2 Å². The summed E-state index contributed by atoms with van der Waals surface area (Å²) in [6.45, 7) is 10.7. The Bertz CT molecular complexity index is 2160. The first-order valence-electron chi connectivity index (χ1n) is 19.1. The van der Waals surface area contributed by atoms with Crippen LogP contribution in [0.5, 0.6) is 5.88 Å². The molecule has 2 aliphatic heterocycles. The fraction of sp³-hybridized carbons (Fsp3) is 0.590. The number of para-hydroxylation sites is 1. The summed E-state index contributed by atoms with van der Waals surface area (Å²) in [7, 11) is -4.00. The van der Waals surface area contributed by atoms with Gasteiger partial charge in [0, 0.05) is 24.7 Å². The first kappa shape index (κ1) is 38.5. The van der Waals surface area contributed by atoms with Crippen molar-refractivity contribution in [1.82, 2.24) is 34.6 Å². The van der Waals surface area contributed by atoms with Crippen LogP contribution >= 0.6 is 0 Å². The van der Waals surface area contributed by atoms with E-state index in [0.29, 0.717) is 36.8 Å². The van der Waals surface area contributed by atoms with Crippen molar-refractivity contribution < 1.29 is 37.1 Å². The minimum atomic E-state index is -4.00. The van der Waals surface area contributed by atoms with Crippen molar-refractivity contribution in [3.8, 4) is 5.88 Å². The van der Waals surface area contributed by atoms with Gasteiger partial charge in [0.15, 0.2) is 0 Å². The van der Waals surface area contributed by atoms with E-state index in [2.05, 4.69) is 32.2 Å². The van der Waals surface area contributed by atoms with E-state index < -0.39 is 73.8 Å². The van der Waals surface area contributed by atoms with Crippen molar-refractivity contribution >= 4 is 50.5 Å². The quantitative estimate of drug-likeness (QED) is 0.309. The molecule has 4 amide bonds. The van der Waals surface area contributed by atoms with Crippen LogP contribution in [-0.2, 0) is 29.1 Å². The first-order valence-corrected chi connectivity index (χ1v) is 20.6. The van der Waals surface area contributed by atoms with Gasteiger partial charge in [-0.1, -0.05) is 38.1 Å². The topological polar surface area (TPSA) is 190 Å². The van der Waals surface area contributed by atoms with Crippen molar-refractivity contribution in [3.63, 3.8) is 0 Å². The molecular weight excluding hydrogens is 727 g/mol. The van der Waals surface area contributed by atoms with Gasteiger partial charge in [-0.05, 0) is 90.2 Å². The summed E-state index contributed by atoms with van der Waals surface area (Å²) in [6.07, 6.45) is 8.93. The molecule has 15 nitrogen and oxygen atoms in total. The number of sulfonamides is 1. The lowest BCUT2D eigenvalue weighted by Crippen LogP contribution is -2.59. The number of hydrogen-bond donors (Lipinski definition) is 3. The summed E-state index contributed by atoms with van der Waals surface area (Å²) in [4.78, 5) is 66.9. The van der Waals surface area contributed by atoms with E-state index in [1.165, 1.54) is 4.90 Å². The number of benzene rings is 1. The highest BCUT2D eigenvalue weighted by Crippen LogP contribution is 2.47. The molecule has 55 heavy (non-hydrogen) atoms. The Hall–Kier alpha value is -4.73. The zero-order valence-electron chi connectivity index (χ0n) is 32.2. The monoisotopic (exact) mass is 777 g/mol. The van der Waals surface area contributed by atoms with E-state index in [9.17, 15) is 27.6 Å². The smallest absolute Gasteiger partial charge is 0.408 e. The maximum atomic E-state index is 14.8. The van der Waals surface area contributed by atoms with Crippen LogP contribution in [0.2, 0.25) is 0 Å². The lowest BCUT2D eigenvalue weighted by atomic mass is 9.88. The maximum absolute atomic E-state index is 14.8. The summed E-state index contributed by atoms with van der Waals surface area (Å²) >= 11 is 0. The van der Waals surface area contributed by atoms with Crippen molar-refractivity contribution in [2.45, 2.75) is 121 Å². The molecule has 4 heterocycles.